The highest BCUT2D eigenvalue weighted by molar-refractivity contribution is 8.30. The monoisotopic (exact) mass is 542 g/mol. The first kappa shape index (κ1) is 29.7. The number of para-hydroxylation sites is 1. The molecule has 208 valence electrons. The third kappa shape index (κ3) is 7.17. The average Bonchev–Trinajstić information content (AvgIpc) is 2.81. The zero-order valence-corrected chi connectivity index (χ0v) is 24.6. The molecule has 2 aromatic rings. The lowest BCUT2D eigenvalue weighted by Gasteiger charge is -2.44. The molecule has 0 spiro atoms. The number of nitro groups is 1. The second-order valence-corrected chi connectivity index (χ2v) is 15.5. The van der Waals surface area contributed by atoms with Gasteiger partial charge in [0.25, 0.3) is 5.69 Å². The van der Waals surface area contributed by atoms with Crippen LogP contribution >= 0.6 is 10.3 Å². The van der Waals surface area contributed by atoms with Gasteiger partial charge >= 0.3 is 0 Å². The van der Waals surface area contributed by atoms with E-state index in [-0.39, 0.29) is 28.9 Å². The molecule has 7 nitrogen and oxygen atoms in total. The molecule has 1 N–H and O–H groups in total. The molecule has 1 heterocycles. The minimum Gasteiger partial charge on any atom is -0.485 e. The highest BCUT2D eigenvalue weighted by Gasteiger charge is 2.32. The van der Waals surface area contributed by atoms with Gasteiger partial charge in [0.15, 0.2) is 17.3 Å². The molecular formula is C30H42N2O5S. The Morgan fingerprint density at radius 1 is 1.21 bits per heavy atom. The number of nitrogens with one attached hydrogen (secondary N) is 1. The van der Waals surface area contributed by atoms with Crippen molar-refractivity contribution >= 4 is 21.8 Å². The van der Waals surface area contributed by atoms with Gasteiger partial charge in [-0.2, -0.15) is 0 Å². The Kier molecular flexibility index (Phi) is 9.31. The van der Waals surface area contributed by atoms with E-state index in [0.29, 0.717) is 41.4 Å². The number of rotatable bonds is 11. The maximum Gasteiger partial charge on any atom is 0.276 e. The Balaban J connectivity index is 1.98. The van der Waals surface area contributed by atoms with Gasteiger partial charge in [-0.25, -0.2) is 0 Å². The van der Waals surface area contributed by atoms with Crippen LogP contribution in [0.2, 0.25) is 0 Å². The molecule has 1 aliphatic rings. The van der Waals surface area contributed by atoms with E-state index in [0.717, 1.165) is 24.1 Å². The number of fused-ring (bicyclic) bond motifs is 1. The zero-order valence-electron chi connectivity index (χ0n) is 23.8. The van der Waals surface area contributed by atoms with E-state index >= 15 is 0 Å². The summed E-state index contributed by atoms with van der Waals surface area (Å²) in [5.74, 6) is 1.58. The number of hydrogen-bond donors (Lipinski definition) is 1. The standard InChI is InChI=1S/C30H42N2O5S/c1-20(2)15-21(3)27(33)18-25-24-17-28(36-19-23-11-9-10-12-26(23)32(34)35)29(16-22(24)13-14-31-25)37-38(7,8)30(4,5)6/h9-12,16-17,20,25,31H,3,13-15,18-19H2,1-2,4-8H3. The molecule has 0 amide bonds. The van der Waals surface area contributed by atoms with Crippen LogP contribution in [-0.2, 0) is 17.8 Å². The number of nitro benzene ring substituents is 1. The van der Waals surface area contributed by atoms with E-state index in [2.05, 4.69) is 59.0 Å². The van der Waals surface area contributed by atoms with E-state index in [9.17, 15) is 14.9 Å². The normalized spacial score (nSPS) is 16.1. The SMILES string of the molecule is C=C(CC(C)C)C(=O)CC1NCCc2cc(OS(C)(C)C(C)(C)C)c(OCc3ccccc3[N+](=O)[O-])cc21. The van der Waals surface area contributed by atoms with Crippen LogP contribution in [0.15, 0.2) is 48.6 Å². The number of benzene rings is 2. The molecule has 0 fully saturated rings. The highest BCUT2D eigenvalue weighted by Crippen LogP contribution is 2.55. The van der Waals surface area contributed by atoms with Crippen LogP contribution in [0.3, 0.4) is 0 Å². The lowest BCUT2D eigenvalue weighted by Crippen LogP contribution is -2.32. The van der Waals surface area contributed by atoms with Gasteiger partial charge in [0.1, 0.15) is 6.61 Å². The minimum atomic E-state index is -1.53. The maximum absolute atomic E-state index is 13.0. The first-order valence-electron chi connectivity index (χ1n) is 13.1. The zero-order chi connectivity index (χ0) is 28.3. The summed E-state index contributed by atoms with van der Waals surface area (Å²) in [6, 6.07) is 10.4. The Hall–Kier alpha value is -2.84. The fraction of sp³-hybridized carbons (Fsp3) is 0.500. The van der Waals surface area contributed by atoms with Gasteiger partial charge in [0, 0.05) is 23.3 Å². The van der Waals surface area contributed by atoms with Crippen LogP contribution < -0.4 is 14.2 Å². The second kappa shape index (κ2) is 11.9. The largest absolute Gasteiger partial charge is 0.485 e. The topological polar surface area (TPSA) is 90.7 Å². The summed E-state index contributed by atoms with van der Waals surface area (Å²) < 4.78 is 12.8. The molecule has 8 heteroatoms. The van der Waals surface area contributed by atoms with Crippen molar-refractivity contribution in [3.8, 4) is 11.5 Å². The summed E-state index contributed by atoms with van der Waals surface area (Å²) in [4.78, 5) is 24.1. The van der Waals surface area contributed by atoms with E-state index < -0.39 is 15.2 Å². The van der Waals surface area contributed by atoms with Crippen molar-refractivity contribution in [1.29, 1.82) is 0 Å². The number of carbonyl (C=O) groups is 1. The second-order valence-electron chi connectivity index (χ2n) is 11.7. The fourth-order valence-electron chi connectivity index (χ4n) is 4.26. The number of hydrogen-bond acceptors (Lipinski definition) is 6. The Labute approximate surface area is 228 Å². The molecule has 0 bridgehead atoms. The molecule has 0 aliphatic carbocycles. The molecule has 0 radical (unpaired) electrons. The van der Waals surface area contributed by atoms with Gasteiger partial charge in [0.2, 0.25) is 0 Å². The van der Waals surface area contributed by atoms with Crippen molar-refractivity contribution in [2.75, 3.05) is 19.1 Å². The number of Topliss-reactive ketones (excluding diaryl/α,β-unsaturated/α-hetero) is 1. The third-order valence-corrected chi connectivity index (χ3v) is 10.7. The predicted molar refractivity (Wildman–Crippen MR) is 156 cm³/mol. The van der Waals surface area contributed by atoms with Gasteiger partial charge in [0.05, 0.1) is 10.5 Å². The van der Waals surface area contributed by atoms with Gasteiger partial charge in [-0.1, -0.05) is 42.9 Å². The summed E-state index contributed by atoms with van der Waals surface area (Å²) in [6.45, 7) is 15.4. The average molecular weight is 543 g/mol. The quantitative estimate of drug-likeness (QED) is 0.185. The van der Waals surface area contributed by atoms with Gasteiger partial charge in [-0.3, -0.25) is 14.9 Å². The van der Waals surface area contributed by atoms with E-state index in [1.807, 2.05) is 12.1 Å². The molecule has 1 aliphatic heterocycles. The predicted octanol–water partition coefficient (Wildman–Crippen LogP) is 7.08. The molecule has 3 rings (SSSR count). The molecule has 0 aromatic heterocycles. The molecule has 1 unspecified atom stereocenters. The van der Waals surface area contributed by atoms with Gasteiger partial charge < -0.3 is 14.2 Å². The van der Waals surface area contributed by atoms with Crippen molar-refractivity contribution < 1.29 is 18.6 Å². The van der Waals surface area contributed by atoms with Crippen molar-refractivity contribution in [2.45, 2.75) is 71.3 Å². The number of carbonyl (C=O) groups excluding carboxylic acids is 1. The summed E-state index contributed by atoms with van der Waals surface area (Å²) in [7, 11) is -1.53. The summed E-state index contributed by atoms with van der Waals surface area (Å²) in [5, 5.41) is 15.0. The summed E-state index contributed by atoms with van der Waals surface area (Å²) in [5.41, 5.74) is 3.27. The van der Waals surface area contributed by atoms with E-state index in [1.54, 1.807) is 18.2 Å². The van der Waals surface area contributed by atoms with Gasteiger partial charge in [-0.15, -0.1) is 0 Å². The van der Waals surface area contributed by atoms with Crippen molar-refractivity contribution in [1.82, 2.24) is 5.32 Å². The van der Waals surface area contributed by atoms with Crippen molar-refractivity contribution in [3.05, 3.63) is 75.4 Å². The first-order valence-corrected chi connectivity index (χ1v) is 15.5. The molecule has 1 atom stereocenters. The first-order chi connectivity index (χ1) is 17.7. The summed E-state index contributed by atoms with van der Waals surface area (Å²) >= 11 is 0. The van der Waals surface area contributed by atoms with Crippen LogP contribution in [0.5, 0.6) is 11.5 Å². The van der Waals surface area contributed by atoms with E-state index in [1.165, 1.54) is 6.07 Å². The fourth-order valence-corrected chi connectivity index (χ4v) is 5.09. The van der Waals surface area contributed by atoms with Crippen LogP contribution in [-0.4, -0.2) is 34.5 Å². The van der Waals surface area contributed by atoms with Crippen LogP contribution in [0.25, 0.3) is 0 Å². The highest BCUT2D eigenvalue weighted by atomic mass is 32.3. The van der Waals surface area contributed by atoms with Crippen molar-refractivity contribution in [2.24, 2.45) is 5.92 Å². The van der Waals surface area contributed by atoms with Crippen LogP contribution in [0.4, 0.5) is 5.69 Å². The smallest absolute Gasteiger partial charge is 0.276 e. The Morgan fingerprint density at radius 3 is 2.53 bits per heavy atom. The molecule has 0 saturated carbocycles. The maximum atomic E-state index is 13.0. The molecule has 38 heavy (non-hydrogen) atoms. The molecular weight excluding hydrogens is 500 g/mol. The molecule has 2 aromatic carbocycles. The van der Waals surface area contributed by atoms with Crippen molar-refractivity contribution in [3.63, 3.8) is 0 Å². The number of nitrogens with zero attached hydrogens (tertiary/aromatic N) is 1. The summed E-state index contributed by atoms with van der Waals surface area (Å²) in [6.07, 6.45) is 6.06. The number of ether oxygens (including phenoxy) is 1. The van der Waals surface area contributed by atoms with Crippen LogP contribution in [0, 0.1) is 16.0 Å². The number of ketones is 1. The number of allylic oxidation sites excluding steroid dienone is 1. The third-order valence-electron chi connectivity index (χ3n) is 7.15. The molecule has 0 saturated heterocycles. The minimum absolute atomic E-state index is 0.0161. The van der Waals surface area contributed by atoms with Gasteiger partial charge in [-0.05, 0) is 93.5 Å². The lowest BCUT2D eigenvalue weighted by atomic mass is 9.88. The Bertz CT molecular complexity index is 1200. The Morgan fingerprint density at radius 2 is 1.89 bits per heavy atom. The van der Waals surface area contributed by atoms with E-state index in [4.69, 9.17) is 8.92 Å². The van der Waals surface area contributed by atoms with Crippen LogP contribution in [0.1, 0.15) is 70.2 Å². The lowest BCUT2D eigenvalue weighted by molar-refractivity contribution is -0.385.